The molecule has 0 unspecified atom stereocenters. The number of nitrogens with one attached hydrogen (secondary N) is 4. The van der Waals surface area contributed by atoms with Crippen molar-refractivity contribution in [3.63, 3.8) is 0 Å². The molecule has 0 radical (unpaired) electrons. The zero-order valence-corrected chi connectivity index (χ0v) is 25.1. The monoisotopic (exact) mass is 598 g/mol. The summed E-state index contributed by atoms with van der Waals surface area (Å²) in [5.41, 5.74) is 2.02. The average Bonchev–Trinajstić information content (AvgIpc) is 2.97. The van der Waals surface area contributed by atoms with Gasteiger partial charge in [0.25, 0.3) is 0 Å². The van der Waals surface area contributed by atoms with Gasteiger partial charge in [-0.05, 0) is 42.7 Å². The van der Waals surface area contributed by atoms with Crippen LogP contribution in [-0.4, -0.2) is 65.1 Å². The Bertz CT molecular complexity index is 1160. The molecule has 11 heteroatoms. The molecule has 0 aliphatic heterocycles. The summed E-state index contributed by atoms with van der Waals surface area (Å²) in [7, 11) is 0. The van der Waals surface area contributed by atoms with Crippen LogP contribution in [0, 0.1) is 5.92 Å². The van der Waals surface area contributed by atoms with Crippen molar-refractivity contribution >= 4 is 42.2 Å². The lowest BCUT2D eigenvalue weighted by molar-refractivity contribution is -0.138. The van der Waals surface area contributed by atoms with Gasteiger partial charge in [-0.15, -0.1) is 0 Å². The van der Waals surface area contributed by atoms with Crippen molar-refractivity contribution < 1.29 is 29.1 Å². The quantitative estimate of drug-likeness (QED) is 0.145. The van der Waals surface area contributed by atoms with E-state index in [2.05, 4.69) is 33.9 Å². The minimum atomic E-state index is -1.14. The van der Waals surface area contributed by atoms with Gasteiger partial charge < -0.3 is 26.4 Å². The predicted molar refractivity (Wildman–Crippen MR) is 164 cm³/mol. The fourth-order valence-electron chi connectivity index (χ4n) is 4.25. The Morgan fingerprint density at radius 2 is 1.26 bits per heavy atom. The van der Waals surface area contributed by atoms with Crippen molar-refractivity contribution in [1.82, 2.24) is 21.3 Å². The van der Waals surface area contributed by atoms with Gasteiger partial charge >= 0.3 is 5.97 Å². The van der Waals surface area contributed by atoms with E-state index in [1.807, 2.05) is 74.5 Å². The zero-order chi connectivity index (χ0) is 30.9. The van der Waals surface area contributed by atoms with Crippen LogP contribution in [0.25, 0.3) is 0 Å². The fourth-order valence-corrected chi connectivity index (χ4v) is 4.50. The van der Waals surface area contributed by atoms with Crippen molar-refractivity contribution in [2.75, 3.05) is 12.3 Å². The second-order valence-electron chi connectivity index (χ2n) is 10.5. The van der Waals surface area contributed by atoms with E-state index >= 15 is 0 Å². The molecule has 0 aliphatic carbocycles. The first kappa shape index (κ1) is 34.3. The summed E-state index contributed by atoms with van der Waals surface area (Å²) in [6.07, 6.45) is 0.970. The number of hydrogen-bond donors (Lipinski definition) is 6. The molecule has 0 saturated carbocycles. The van der Waals surface area contributed by atoms with E-state index in [4.69, 9.17) is 0 Å². The number of amides is 4. The molecule has 0 spiro atoms. The Kier molecular flexibility index (Phi) is 15.2. The number of rotatable bonds is 18. The maximum Gasteiger partial charge on any atom is 0.303 e. The summed E-state index contributed by atoms with van der Waals surface area (Å²) in [6.45, 7) is 4.14. The number of carboxylic acid groups (broad SMARTS) is 1. The first-order valence-corrected chi connectivity index (χ1v) is 14.8. The normalized spacial score (nSPS) is 13.0. The van der Waals surface area contributed by atoms with Crippen LogP contribution in [0.1, 0.15) is 50.7 Å². The third-order valence-electron chi connectivity index (χ3n) is 6.49. The van der Waals surface area contributed by atoms with Gasteiger partial charge in [0.2, 0.25) is 23.6 Å². The number of carbonyl (C=O) groups excluding carboxylic acids is 4. The summed E-state index contributed by atoms with van der Waals surface area (Å²) >= 11 is 4.23. The molecular weight excluding hydrogens is 556 g/mol. The van der Waals surface area contributed by atoms with Gasteiger partial charge in [0.05, 0.1) is 0 Å². The van der Waals surface area contributed by atoms with E-state index in [1.54, 1.807) is 0 Å². The van der Waals surface area contributed by atoms with Crippen molar-refractivity contribution in [3.05, 3.63) is 71.8 Å². The number of thiol groups is 1. The molecule has 5 N–H and O–H groups in total. The zero-order valence-electron chi connectivity index (χ0n) is 24.2. The molecule has 228 valence electrons. The summed E-state index contributed by atoms with van der Waals surface area (Å²) in [4.78, 5) is 63.1. The molecule has 3 atom stereocenters. The molecule has 0 saturated heterocycles. The van der Waals surface area contributed by atoms with Crippen LogP contribution in [0.5, 0.6) is 0 Å². The van der Waals surface area contributed by atoms with Gasteiger partial charge in [-0.25, -0.2) is 0 Å². The fraction of sp³-hybridized carbons (Fsp3) is 0.452. The smallest absolute Gasteiger partial charge is 0.303 e. The molecule has 0 aliphatic rings. The molecule has 0 heterocycles. The first-order chi connectivity index (χ1) is 20.1. The highest BCUT2D eigenvalue weighted by Crippen LogP contribution is 2.09. The SMILES string of the molecule is CC(C)C[C@H](NC(=O)[C@H](CCC(=O)O)NC(=O)CCc1ccccc1)C(=O)N[C@@H](CS)C(=O)NCCc1ccccc1. The Labute approximate surface area is 252 Å². The summed E-state index contributed by atoms with van der Waals surface area (Å²) in [6, 6.07) is 16.0. The minimum absolute atomic E-state index is 0.00753. The standard InChI is InChI=1S/C31H42N4O6S/c1-21(2)19-25(31(41)35-26(20-42)29(39)32-18-17-23-11-7-4-8-12-23)34-30(40)24(14-16-28(37)38)33-27(36)15-13-22-9-5-3-6-10-22/h3-12,21,24-26,42H,13-20H2,1-2H3,(H,32,39)(H,33,36)(H,34,40)(H,35,41)(H,37,38)/t24-,25-,26-/m0/s1. The van der Waals surface area contributed by atoms with Gasteiger partial charge in [0.15, 0.2) is 0 Å². The molecule has 0 fully saturated rings. The number of aliphatic carboxylic acids is 1. The Hall–Kier alpha value is -3.86. The Morgan fingerprint density at radius 3 is 1.81 bits per heavy atom. The lowest BCUT2D eigenvalue weighted by Gasteiger charge is -2.26. The minimum Gasteiger partial charge on any atom is -0.481 e. The van der Waals surface area contributed by atoms with Crippen LogP contribution >= 0.6 is 12.6 Å². The van der Waals surface area contributed by atoms with Gasteiger partial charge in [-0.1, -0.05) is 74.5 Å². The molecule has 2 rings (SSSR count). The van der Waals surface area contributed by atoms with Crippen LogP contribution in [0.4, 0.5) is 0 Å². The van der Waals surface area contributed by atoms with Gasteiger partial charge in [0, 0.05) is 25.1 Å². The average molecular weight is 599 g/mol. The number of hydrogen-bond acceptors (Lipinski definition) is 6. The first-order valence-electron chi connectivity index (χ1n) is 14.2. The number of carbonyl (C=O) groups is 5. The molecule has 0 bridgehead atoms. The van der Waals surface area contributed by atoms with E-state index in [0.717, 1.165) is 11.1 Å². The molecular formula is C31H42N4O6S. The Balaban J connectivity index is 2.01. The molecule has 10 nitrogen and oxygen atoms in total. The highest BCUT2D eigenvalue weighted by molar-refractivity contribution is 7.80. The summed E-state index contributed by atoms with van der Waals surface area (Å²) in [5, 5.41) is 19.9. The molecule has 4 amide bonds. The lowest BCUT2D eigenvalue weighted by atomic mass is 10.0. The van der Waals surface area contributed by atoms with Crippen LogP contribution in [0.2, 0.25) is 0 Å². The number of carboxylic acids is 1. The van der Waals surface area contributed by atoms with E-state index in [9.17, 15) is 29.1 Å². The maximum absolute atomic E-state index is 13.2. The third kappa shape index (κ3) is 13.2. The van der Waals surface area contributed by atoms with Crippen LogP contribution in [0.15, 0.2) is 60.7 Å². The highest BCUT2D eigenvalue weighted by atomic mass is 32.1. The topological polar surface area (TPSA) is 154 Å². The van der Waals surface area contributed by atoms with E-state index in [-0.39, 0.29) is 37.4 Å². The van der Waals surface area contributed by atoms with Crippen molar-refractivity contribution in [2.45, 2.75) is 70.5 Å². The van der Waals surface area contributed by atoms with E-state index < -0.39 is 47.7 Å². The third-order valence-corrected chi connectivity index (χ3v) is 6.86. The van der Waals surface area contributed by atoms with Crippen molar-refractivity contribution in [3.8, 4) is 0 Å². The van der Waals surface area contributed by atoms with E-state index in [1.165, 1.54) is 0 Å². The molecule has 0 aromatic heterocycles. The summed E-state index contributed by atoms with van der Waals surface area (Å²) < 4.78 is 0. The van der Waals surface area contributed by atoms with Gasteiger partial charge in [-0.3, -0.25) is 24.0 Å². The summed E-state index contributed by atoms with van der Waals surface area (Å²) in [5.74, 6) is -3.10. The molecule has 42 heavy (non-hydrogen) atoms. The van der Waals surface area contributed by atoms with Crippen molar-refractivity contribution in [1.29, 1.82) is 0 Å². The molecule has 2 aromatic carbocycles. The number of aryl methyl sites for hydroxylation is 1. The van der Waals surface area contributed by atoms with Crippen molar-refractivity contribution in [2.24, 2.45) is 5.92 Å². The lowest BCUT2D eigenvalue weighted by Crippen LogP contribution is -2.57. The van der Waals surface area contributed by atoms with E-state index in [0.29, 0.717) is 19.4 Å². The van der Waals surface area contributed by atoms with Crippen LogP contribution < -0.4 is 21.3 Å². The van der Waals surface area contributed by atoms with Crippen LogP contribution in [-0.2, 0) is 36.8 Å². The molecule has 2 aromatic rings. The second-order valence-corrected chi connectivity index (χ2v) is 10.9. The second kappa shape index (κ2) is 18.5. The largest absolute Gasteiger partial charge is 0.481 e. The van der Waals surface area contributed by atoms with Gasteiger partial charge in [-0.2, -0.15) is 12.6 Å². The maximum atomic E-state index is 13.2. The van der Waals surface area contributed by atoms with Crippen LogP contribution in [0.3, 0.4) is 0 Å². The number of benzene rings is 2. The predicted octanol–water partition coefficient (Wildman–Crippen LogP) is 2.27. The Morgan fingerprint density at radius 1 is 0.714 bits per heavy atom. The highest BCUT2D eigenvalue weighted by Gasteiger charge is 2.30. The van der Waals surface area contributed by atoms with Gasteiger partial charge in [0.1, 0.15) is 18.1 Å².